The number of benzene rings is 2. The molecule has 136 valence electrons. The monoisotopic (exact) mass is 363 g/mol. The third-order valence-electron chi connectivity index (χ3n) is 4.98. The topological polar surface area (TPSA) is 88.1 Å². The molecule has 2 heterocycles. The minimum absolute atomic E-state index is 0.102. The summed E-state index contributed by atoms with van der Waals surface area (Å²) in [6.07, 6.45) is 0. The first-order valence-corrected chi connectivity index (χ1v) is 8.44. The summed E-state index contributed by atoms with van der Waals surface area (Å²) in [5.74, 6) is -2.82. The number of aryl methyl sites for hydroxylation is 1. The Kier molecular flexibility index (Phi) is 3.80. The lowest BCUT2D eigenvalue weighted by molar-refractivity contribution is -0.133. The molecule has 0 bridgehead atoms. The van der Waals surface area contributed by atoms with Crippen molar-refractivity contribution in [3.63, 3.8) is 0 Å². The van der Waals surface area contributed by atoms with Gasteiger partial charge in [0.1, 0.15) is 5.92 Å². The maximum Gasteiger partial charge on any atom is 0.355 e. The molecule has 2 unspecified atom stereocenters. The summed E-state index contributed by atoms with van der Waals surface area (Å²) in [6, 6.07) is 15.9. The maximum atomic E-state index is 13.5. The van der Waals surface area contributed by atoms with Crippen LogP contribution in [0.1, 0.15) is 11.1 Å². The predicted octanol–water partition coefficient (Wildman–Crippen LogP) is 1.51. The quantitative estimate of drug-likeness (QED) is 0.660. The molecule has 2 aromatic rings. The number of fused-ring (bicyclic) bond motifs is 1. The van der Waals surface area contributed by atoms with Crippen molar-refractivity contribution in [1.29, 1.82) is 0 Å². The number of carbonyl (C=O) groups is 3. The second kappa shape index (κ2) is 6.05. The van der Waals surface area contributed by atoms with E-state index in [0.717, 1.165) is 10.5 Å². The van der Waals surface area contributed by atoms with Crippen molar-refractivity contribution >= 4 is 29.2 Å². The molecule has 1 saturated heterocycles. The number of para-hydroxylation sites is 1. The highest BCUT2D eigenvalue weighted by Gasteiger charge is 2.67. The predicted molar refractivity (Wildman–Crippen MR) is 97.9 cm³/mol. The minimum atomic E-state index is -1.47. The van der Waals surface area contributed by atoms with E-state index in [1.165, 1.54) is 7.11 Å². The highest BCUT2D eigenvalue weighted by molar-refractivity contribution is 6.47. The lowest BCUT2D eigenvalue weighted by Crippen LogP contribution is -2.48. The van der Waals surface area contributed by atoms with E-state index >= 15 is 0 Å². The summed E-state index contributed by atoms with van der Waals surface area (Å²) in [7, 11) is 1.22. The van der Waals surface area contributed by atoms with Crippen LogP contribution in [-0.4, -0.2) is 30.6 Å². The van der Waals surface area contributed by atoms with E-state index in [9.17, 15) is 14.4 Å². The van der Waals surface area contributed by atoms with Crippen LogP contribution in [0.15, 0.2) is 59.7 Å². The summed E-state index contributed by atoms with van der Waals surface area (Å²) in [4.78, 5) is 40.0. The Hall–Kier alpha value is -3.48. The number of esters is 1. The molecule has 0 aromatic heterocycles. The van der Waals surface area contributed by atoms with Gasteiger partial charge in [0.15, 0.2) is 11.3 Å². The van der Waals surface area contributed by atoms with Crippen molar-refractivity contribution in [2.24, 2.45) is 11.0 Å². The molecule has 7 nitrogen and oxygen atoms in total. The van der Waals surface area contributed by atoms with Crippen LogP contribution in [0.2, 0.25) is 0 Å². The molecule has 1 N–H and O–H groups in total. The summed E-state index contributed by atoms with van der Waals surface area (Å²) in [6.45, 7) is 1.93. The molecule has 1 fully saturated rings. The van der Waals surface area contributed by atoms with Crippen molar-refractivity contribution in [3.05, 3.63) is 65.7 Å². The number of nitrogens with one attached hydrogen (secondary N) is 1. The lowest BCUT2D eigenvalue weighted by atomic mass is 9.78. The zero-order valence-corrected chi connectivity index (χ0v) is 14.8. The van der Waals surface area contributed by atoms with Crippen LogP contribution in [0.3, 0.4) is 0 Å². The Morgan fingerprint density at radius 2 is 1.78 bits per heavy atom. The van der Waals surface area contributed by atoms with Gasteiger partial charge >= 0.3 is 5.97 Å². The summed E-state index contributed by atoms with van der Waals surface area (Å²) >= 11 is 0. The second-order valence-electron chi connectivity index (χ2n) is 6.52. The SMILES string of the molecule is COC(=O)C1=NNC2(c3ccc(C)cc3)C(=O)N(c3ccccc3)C(=O)C12. The number of hydrogen-bond donors (Lipinski definition) is 1. The van der Waals surface area contributed by atoms with Gasteiger partial charge in [-0.3, -0.25) is 15.0 Å². The van der Waals surface area contributed by atoms with Crippen LogP contribution in [0.25, 0.3) is 0 Å². The van der Waals surface area contributed by atoms with Crippen LogP contribution < -0.4 is 10.3 Å². The van der Waals surface area contributed by atoms with Crippen molar-refractivity contribution in [1.82, 2.24) is 5.43 Å². The van der Waals surface area contributed by atoms with E-state index in [2.05, 4.69) is 10.5 Å². The highest BCUT2D eigenvalue weighted by Crippen LogP contribution is 2.44. The summed E-state index contributed by atoms with van der Waals surface area (Å²) in [5, 5.41) is 4.01. The maximum absolute atomic E-state index is 13.5. The molecule has 2 amide bonds. The Bertz CT molecular complexity index is 968. The molecule has 27 heavy (non-hydrogen) atoms. The fourth-order valence-electron chi connectivity index (χ4n) is 3.62. The lowest BCUT2D eigenvalue weighted by Gasteiger charge is -2.26. The number of imide groups is 1. The molecule has 0 spiro atoms. The third kappa shape index (κ3) is 2.28. The Morgan fingerprint density at radius 1 is 1.11 bits per heavy atom. The number of anilines is 1. The minimum Gasteiger partial charge on any atom is -0.464 e. The van der Waals surface area contributed by atoms with Gasteiger partial charge in [-0.25, -0.2) is 9.69 Å². The summed E-state index contributed by atoms with van der Waals surface area (Å²) in [5.41, 5.74) is 3.24. The molecule has 4 rings (SSSR count). The molecule has 2 aromatic carbocycles. The molecule has 0 saturated carbocycles. The number of methoxy groups -OCH3 is 1. The van der Waals surface area contributed by atoms with Gasteiger partial charge in [0.2, 0.25) is 5.91 Å². The molecule has 0 radical (unpaired) electrons. The van der Waals surface area contributed by atoms with Crippen LogP contribution in [-0.2, 0) is 24.7 Å². The first kappa shape index (κ1) is 17.0. The van der Waals surface area contributed by atoms with Gasteiger partial charge in [-0.05, 0) is 24.6 Å². The number of ether oxygens (including phenoxy) is 1. The first-order chi connectivity index (χ1) is 13.0. The Morgan fingerprint density at radius 3 is 2.41 bits per heavy atom. The van der Waals surface area contributed by atoms with E-state index in [1.807, 2.05) is 19.1 Å². The molecular weight excluding hydrogens is 346 g/mol. The van der Waals surface area contributed by atoms with Gasteiger partial charge in [-0.2, -0.15) is 5.10 Å². The van der Waals surface area contributed by atoms with Gasteiger partial charge < -0.3 is 4.74 Å². The average Bonchev–Trinajstić information content (AvgIpc) is 3.19. The van der Waals surface area contributed by atoms with Gasteiger partial charge in [0.05, 0.1) is 12.8 Å². The molecular formula is C20H17N3O4. The number of hydrogen-bond acceptors (Lipinski definition) is 6. The van der Waals surface area contributed by atoms with Crippen LogP contribution >= 0.6 is 0 Å². The molecule has 0 aliphatic carbocycles. The van der Waals surface area contributed by atoms with Crippen molar-refractivity contribution in [2.75, 3.05) is 12.0 Å². The van der Waals surface area contributed by atoms with Gasteiger partial charge in [0, 0.05) is 0 Å². The normalized spacial score (nSPS) is 23.7. The van der Waals surface area contributed by atoms with Crippen molar-refractivity contribution < 1.29 is 19.1 Å². The van der Waals surface area contributed by atoms with Gasteiger partial charge in [0.25, 0.3) is 5.91 Å². The molecule has 2 aliphatic heterocycles. The molecule has 2 aliphatic rings. The van der Waals surface area contributed by atoms with Crippen molar-refractivity contribution in [3.8, 4) is 0 Å². The van der Waals surface area contributed by atoms with E-state index in [0.29, 0.717) is 11.3 Å². The zero-order chi connectivity index (χ0) is 19.2. The van der Waals surface area contributed by atoms with Crippen LogP contribution in [0.5, 0.6) is 0 Å². The molecule has 7 heteroatoms. The fraction of sp³-hybridized carbons (Fsp3) is 0.200. The second-order valence-corrected chi connectivity index (χ2v) is 6.52. The standard InChI is InChI=1S/C20H17N3O4/c1-12-8-10-13(11-9-12)20-15(16(21-22-20)18(25)27-2)17(24)23(19(20)26)14-6-4-3-5-7-14/h3-11,15,22H,1-2H3. The number of rotatable bonds is 3. The fourth-order valence-corrected chi connectivity index (χ4v) is 3.62. The van der Waals surface area contributed by atoms with E-state index in [1.54, 1.807) is 42.5 Å². The first-order valence-electron chi connectivity index (χ1n) is 8.44. The van der Waals surface area contributed by atoms with Gasteiger partial charge in [-0.1, -0.05) is 48.0 Å². The molecule has 2 atom stereocenters. The van der Waals surface area contributed by atoms with E-state index in [4.69, 9.17) is 4.74 Å². The van der Waals surface area contributed by atoms with E-state index in [-0.39, 0.29) is 5.71 Å². The number of hydrazone groups is 1. The highest BCUT2D eigenvalue weighted by atomic mass is 16.5. The number of amides is 2. The number of nitrogens with zero attached hydrogens (tertiary/aromatic N) is 2. The Balaban J connectivity index is 1.90. The smallest absolute Gasteiger partial charge is 0.355 e. The Labute approximate surface area is 155 Å². The van der Waals surface area contributed by atoms with E-state index < -0.39 is 29.2 Å². The summed E-state index contributed by atoms with van der Waals surface area (Å²) < 4.78 is 4.78. The average molecular weight is 363 g/mol. The zero-order valence-electron chi connectivity index (χ0n) is 14.8. The van der Waals surface area contributed by atoms with Crippen LogP contribution in [0.4, 0.5) is 5.69 Å². The van der Waals surface area contributed by atoms with Crippen LogP contribution in [0, 0.1) is 12.8 Å². The third-order valence-corrected chi connectivity index (χ3v) is 4.98. The number of carbonyl (C=O) groups excluding carboxylic acids is 3. The largest absolute Gasteiger partial charge is 0.464 e. The van der Waals surface area contributed by atoms with Crippen molar-refractivity contribution in [2.45, 2.75) is 12.5 Å². The van der Waals surface area contributed by atoms with Gasteiger partial charge in [-0.15, -0.1) is 0 Å².